The first kappa shape index (κ1) is 21.7. The van der Waals surface area contributed by atoms with E-state index in [-0.39, 0.29) is 6.61 Å². The fourth-order valence-corrected chi connectivity index (χ4v) is 2.97. The molecule has 0 fully saturated rings. The standard InChI is InChI=1S/C20H41NO/c1-2-3-4-5-6-7-9-12-15-20(17-19-22)16-13-10-8-11-14-18-21/h17,22H,2-16,18-19,21H2,1H3. The zero-order chi connectivity index (χ0) is 16.3. The molecule has 0 aliphatic rings. The molecule has 0 spiro atoms. The Morgan fingerprint density at radius 3 is 1.64 bits per heavy atom. The summed E-state index contributed by atoms with van der Waals surface area (Å²) in [7, 11) is 0. The topological polar surface area (TPSA) is 46.2 Å². The molecule has 0 aromatic carbocycles. The fourth-order valence-electron chi connectivity index (χ4n) is 2.97. The van der Waals surface area contributed by atoms with Crippen LogP contribution in [0.25, 0.3) is 0 Å². The zero-order valence-electron chi connectivity index (χ0n) is 15.1. The van der Waals surface area contributed by atoms with Crippen molar-refractivity contribution in [1.29, 1.82) is 0 Å². The van der Waals surface area contributed by atoms with Gasteiger partial charge in [-0.25, -0.2) is 0 Å². The smallest absolute Gasteiger partial charge is 0.0615 e. The van der Waals surface area contributed by atoms with E-state index in [1.807, 2.05) is 6.08 Å². The number of allylic oxidation sites excluding steroid dienone is 1. The Kier molecular flexibility index (Phi) is 18.4. The number of hydrogen-bond donors (Lipinski definition) is 2. The highest BCUT2D eigenvalue weighted by atomic mass is 16.2. The first-order valence-electron chi connectivity index (χ1n) is 9.84. The largest absolute Gasteiger partial charge is 0.392 e. The number of aliphatic hydroxyl groups is 1. The van der Waals surface area contributed by atoms with Gasteiger partial charge >= 0.3 is 0 Å². The van der Waals surface area contributed by atoms with E-state index in [0.717, 1.165) is 13.0 Å². The summed E-state index contributed by atoms with van der Waals surface area (Å²) >= 11 is 0. The maximum Gasteiger partial charge on any atom is 0.0615 e. The van der Waals surface area contributed by atoms with Crippen LogP contribution in [0.3, 0.4) is 0 Å². The summed E-state index contributed by atoms with van der Waals surface area (Å²) < 4.78 is 0. The third kappa shape index (κ3) is 16.0. The summed E-state index contributed by atoms with van der Waals surface area (Å²) in [6.07, 6.45) is 21.7. The summed E-state index contributed by atoms with van der Waals surface area (Å²) in [5.41, 5.74) is 6.99. The molecule has 0 aliphatic heterocycles. The van der Waals surface area contributed by atoms with E-state index in [0.29, 0.717) is 0 Å². The predicted molar refractivity (Wildman–Crippen MR) is 99.2 cm³/mol. The molecule has 0 unspecified atom stereocenters. The Labute approximate surface area is 139 Å². The van der Waals surface area contributed by atoms with Gasteiger partial charge in [-0.1, -0.05) is 82.8 Å². The van der Waals surface area contributed by atoms with Crippen LogP contribution in [0.4, 0.5) is 0 Å². The highest BCUT2D eigenvalue weighted by Gasteiger charge is 1.99. The molecule has 0 saturated carbocycles. The maximum atomic E-state index is 9.14. The van der Waals surface area contributed by atoms with E-state index in [9.17, 15) is 0 Å². The highest BCUT2D eigenvalue weighted by Crippen LogP contribution is 2.18. The van der Waals surface area contributed by atoms with Crippen LogP contribution < -0.4 is 5.73 Å². The Hall–Kier alpha value is -0.340. The highest BCUT2D eigenvalue weighted by molar-refractivity contribution is 5.01. The van der Waals surface area contributed by atoms with Gasteiger partial charge in [0, 0.05) is 0 Å². The lowest BCUT2D eigenvalue weighted by atomic mass is 9.99. The molecule has 0 aromatic rings. The van der Waals surface area contributed by atoms with Gasteiger partial charge in [-0.2, -0.15) is 0 Å². The molecular formula is C20H41NO. The number of hydrogen-bond acceptors (Lipinski definition) is 2. The van der Waals surface area contributed by atoms with E-state index in [1.165, 1.54) is 95.5 Å². The van der Waals surface area contributed by atoms with Gasteiger partial charge in [0.25, 0.3) is 0 Å². The summed E-state index contributed by atoms with van der Waals surface area (Å²) in [6.45, 7) is 3.31. The van der Waals surface area contributed by atoms with Crippen molar-refractivity contribution >= 4 is 0 Å². The van der Waals surface area contributed by atoms with E-state index in [2.05, 4.69) is 6.92 Å². The van der Waals surface area contributed by atoms with Crippen LogP contribution in [0.2, 0.25) is 0 Å². The van der Waals surface area contributed by atoms with Crippen molar-refractivity contribution in [1.82, 2.24) is 0 Å². The van der Waals surface area contributed by atoms with Crippen molar-refractivity contribution in [3.63, 3.8) is 0 Å². The lowest BCUT2D eigenvalue weighted by Crippen LogP contribution is -1.97. The average molecular weight is 312 g/mol. The second kappa shape index (κ2) is 18.7. The number of nitrogens with two attached hydrogens (primary N) is 1. The van der Waals surface area contributed by atoms with Crippen molar-refractivity contribution in [2.75, 3.05) is 13.2 Å². The summed E-state index contributed by atoms with van der Waals surface area (Å²) in [5.74, 6) is 0. The molecule has 3 N–H and O–H groups in total. The number of rotatable bonds is 17. The third-order valence-corrected chi connectivity index (χ3v) is 4.43. The second-order valence-electron chi connectivity index (χ2n) is 6.58. The second-order valence-corrected chi connectivity index (χ2v) is 6.58. The summed E-state index contributed by atoms with van der Waals surface area (Å²) in [6, 6.07) is 0. The van der Waals surface area contributed by atoms with Crippen molar-refractivity contribution < 1.29 is 5.11 Å². The van der Waals surface area contributed by atoms with Crippen molar-refractivity contribution in [2.24, 2.45) is 5.73 Å². The van der Waals surface area contributed by atoms with Crippen LogP contribution in [-0.4, -0.2) is 18.3 Å². The molecule has 2 nitrogen and oxygen atoms in total. The molecule has 0 amide bonds. The molecule has 0 rings (SSSR count). The van der Waals surface area contributed by atoms with Crippen LogP contribution >= 0.6 is 0 Å². The van der Waals surface area contributed by atoms with Crippen molar-refractivity contribution in [3.05, 3.63) is 11.6 Å². The molecule has 0 radical (unpaired) electrons. The molecule has 0 aliphatic carbocycles. The summed E-state index contributed by atoms with van der Waals surface area (Å²) in [4.78, 5) is 0. The first-order valence-corrected chi connectivity index (χ1v) is 9.84. The quantitative estimate of drug-likeness (QED) is 0.266. The fraction of sp³-hybridized carbons (Fsp3) is 0.900. The zero-order valence-corrected chi connectivity index (χ0v) is 15.1. The van der Waals surface area contributed by atoms with E-state index < -0.39 is 0 Å². The van der Waals surface area contributed by atoms with Gasteiger partial charge < -0.3 is 10.8 Å². The van der Waals surface area contributed by atoms with Crippen LogP contribution in [0, 0.1) is 0 Å². The molecule has 0 aromatic heterocycles. The third-order valence-electron chi connectivity index (χ3n) is 4.43. The van der Waals surface area contributed by atoms with Gasteiger partial charge in [-0.15, -0.1) is 0 Å². The molecule has 0 saturated heterocycles. The Morgan fingerprint density at radius 2 is 1.18 bits per heavy atom. The molecule has 0 atom stereocenters. The lowest BCUT2D eigenvalue weighted by Gasteiger charge is -2.08. The number of aliphatic hydroxyl groups excluding tert-OH is 1. The number of unbranched alkanes of at least 4 members (excludes halogenated alkanes) is 11. The van der Waals surface area contributed by atoms with E-state index >= 15 is 0 Å². The van der Waals surface area contributed by atoms with Crippen molar-refractivity contribution in [2.45, 2.75) is 103 Å². The Bertz CT molecular complexity index is 238. The van der Waals surface area contributed by atoms with Crippen molar-refractivity contribution in [3.8, 4) is 0 Å². The van der Waals surface area contributed by atoms with Gasteiger partial charge in [0.15, 0.2) is 0 Å². The van der Waals surface area contributed by atoms with Crippen LogP contribution in [-0.2, 0) is 0 Å². The molecule has 2 heteroatoms. The Balaban J connectivity index is 3.50. The SMILES string of the molecule is CCCCCCCCCCC(=CCO)CCCCCCCN. The Morgan fingerprint density at radius 1 is 0.727 bits per heavy atom. The minimum atomic E-state index is 0.208. The van der Waals surface area contributed by atoms with Gasteiger partial charge in [0.1, 0.15) is 0 Å². The molecule has 0 bridgehead atoms. The van der Waals surface area contributed by atoms with Gasteiger partial charge in [-0.05, 0) is 38.6 Å². The molecule has 22 heavy (non-hydrogen) atoms. The minimum absolute atomic E-state index is 0.208. The normalized spacial score (nSPS) is 12.0. The molecule has 132 valence electrons. The minimum Gasteiger partial charge on any atom is -0.392 e. The van der Waals surface area contributed by atoms with Crippen LogP contribution in [0.15, 0.2) is 11.6 Å². The summed E-state index contributed by atoms with van der Waals surface area (Å²) in [5, 5.41) is 9.14. The lowest BCUT2D eigenvalue weighted by molar-refractivity contribution is 0.341. The molecule has 0 heterocycles. The average Bonchev–Trinajstić information content (AvgIpc) is 2.53. The molecular weight excluding hydrogens is 270 g/mol. The van der Waals surface area contributed by atoms with Gasteiger partial charge in [0.05, 0.1) is 6.61 Å². The predicted octanol–water partition coefficient (Wildman–Crippen LogP) is 5.74. The van der Waals surface area contributed by atoms with E-state index in [1.54, 1.807) is 0 Å². The van der Waals surface area contributed by atoms with E-state index in [4.69, 9.17) is 10.8 Å². The van der Waals surface area contributed by atoms with Crippen LogP contribution in [0.1, 0.15) is 103 Å². The van der Waals surface area contributed by atoms with Gasteiger partial charge in [0.2, 0.25) is 0 Å². The van der Waals surface area contributed by atoms with Crippen LogP contribution in [0.5, 0.6) is 0 Å². The maximum absolute atomic E-state index is 9.14. The monoisotopic (exact) mass is 311 g/mol. The van der Waals surface area contributed by atoms with Gasteiger partial charge in [-0.3, -0.25) is 0 Å². The first-order chi connectivity index (χ1) is 10.8.